The molecule has 0 radical (unpaired) electrons. The number of nitrogens with zero attached hydrogens (tertiary/aromatic N) is 2. The Balaban J connectivity index is 2.44. The summed E-state index contributed by atoms with van der Waals surface area (Å²) in [6.45, 7) is 6.22. The summed E-state index contributed by atoms with van der Waals surface area (Å²) >= 11 is 0. The fourth-order valence-electron chi connectivity index (χ4n) is 1.32. The van der Waals surface area contributed by atoms with E-state index in [-0.39, 0.29) is 6.10 Å². The Morgan fingerprint density at radius 3 is 2.71 bits per heavy atom. The standard InChI is InChI=1S/C11H20N2O/c1-4-11(14)6-5-10-7-8-13(12-10)9(2)3/h7-9,11,14H,4-6H2,1-3H3. The fourth-order valence-corrected chi connectivity index (χ4v) is 1.32. The van der Waals surface area contributed by atoms with E-state index in [4.69, 9.17) is 0 Å². The van der Waals surface area contributed by atoms with Crippen molar-refractivity contribution in [2.45, 2.75) is 52.2 Å². The third-order valence-electron chi connectivity index (χ3n) is 2.40. The second-order valence-corrected chi connectivity index (χ2v) is 3.98. The van der Waals surface area contributed by atoms with Crippen LogP contribution in [0.25, 0.3) is 0 Å². The molecule has 0 fully saturated rings. The van der Waals surface area contributed by atoms with E-state index in [1.807, 2.05) is 23.9 Å². The highest BCUT2D eigenvalue weighted by Crippen LogP contribution is 2.08. The Bertz CT molecular complexity index is 268. The lowest BCUT2D eigenvalue weighted by molar-refractivity contribution is 0.160. The average molecular weight is 196 g/mol. The first-order valence-corrected chi connectivity index (χ1v) is 5.35. The van der Waals surface area contributed by atoms with Gasteiger partial charge in [0.05, 0.1) is 11.8 Å². The summed E-state index contributed by atoms with van der Waals surface area (Å²) in [4.78, 5) is 0. The average Bonchev–Trinajstić information content (AvgIpc) is 2.62. The van der Waals surface area contributed by atoms with E-state index >= 15 is 0 Å². The van der Waals surface area contributed by atoms with E-state index in [0.717, 1.165) is 25.0 Å². The highest BCUT2D eigenvalue weighted by Gasteiger charge is 2.05. The molecule has 0 bridgehead atoms. The molecule has 1 aromatic heterocycles. The number of aryl methyl sites for hydroxylation is 1. The minimum absolute atomic E-state index is 0.181. The van der Waals surface area contributed by atoms with E-state index < -0.39 is 0 Å². The van der Waals surface area contributed by atoms with Gasteiger partial charge in [0, 0.05) is 12.2 Å². The molecule has 0 aliphatic rings. The van der Waals surface area contributed by atoms with Crippen LogP contribution in [0.3, 0.4) is 0 Å². The van der Waals surface area contributed by atoms with Gasteiger partial charge in [0.15, 0.2) is 0 Å². The Morgan fingerprint density at radius 2 is 2.21 bits per heavy atom. The molecule has 1 N–H and O–H groups in total. The summed E-state index contributed by atoms with van der Waals surface area (Å²) in [5, 5.41) is 13.8. The van der Waals surface area contributed by atoms with Crippen molar-refractivity contribution in [3.8, 4) is 0 Å². The van der Waals surface area contributed by atoms with E-state index in [2.05, 4.69) is 18.9 Å². The molecule has 0 saturated heterocycles. The van der Waals surface area contributed by atoms with Gasteiger partial charge in [0.2, 0.25) is 0 Å². The SMILES string of the molecule is CCC(O)CCc1ccn(C(C)C)n1. The van der Waals surface area contributed by atoms with Gasteiger partial charge >= 0.3 is 0 Å². The topological polar surface area (TPSA) is 38.0 Å². The van der Waals surface area contributed by atoms with E-state index in [1.165, 1.54) is 0 Å². The van der Waals surface area contributed by atoms with E-state index in [9.17, 15) is 5.11 Å². The zero-order chi connectivity index (χ0) is 10.6. The van der Waals surface area contributed by atoms with Gasteiger partial charge in [-0.15, -0.1) is 0 Å². The van der Waals surface area contributed by atoms with Crippen LogP contribution in [0.15, 0.2) is 12.3 Å². The summed E-state index contributed by atoms with van der Waals surface area (Å²) in [5.41, 5.74) is 1.08. The number of aliphatic hydroxyl groups is 1. The largest absolute Gasteiger partial charge is 0.393 e. The fraction of sp³-hybridized carbons (Fsp3) is 0.727. The van der Waals surface area contributed by atoms with Gasteiger partial charge in [-0.1, -0.05) is 6.92 Å². The Hall–Kier alpha value is -0.830. The molecule has 80 valence electrons. The summed E-state index contributed by atoms with van der Waals surface area (Å²) in [6.07, 6.45) is 4.32. The third kappa shape index (κ3) is 3.14. The van der Waals surface area contributed by atoms with Crippen molar-refractivity contribution in [1.29, 1.82) is 0 Å². The van der Waals surface area contributed by atoms with Crippen LogP contribution in [0.2, 0.25) is 0 Å². The normalized spacial score (nSPS) is 13.5. The van der Waals surface area contributed by atoms with Crippen molar-refractivity contribution < 1.29 is 5.11 Å². The Labute approximate surface area is 85.8 Å². The van der Waals surface area contributed by atoms with Crippen molar-refractivity contribution >= 4 is 0 Å². The molecule has 0 aromatic carbocycles. The molecule has 0 spiro atoms. The predicted octanol–water partition coefficient (Wildman–Crippen LogP) is 2.17. The molecule has 0 amide bonds. The van der Waals surface area contributed by atoms with Gasteiger partial charge < -0.3 is 5.11 Å². The van der Waals surface area contributed by atoms with Crippen LogP contribution in [-0.2, 0) is 6.42 Å². The van der Waals surface area contributed by atoms with Gasteiger partial charge in [-0.05, 0) is 39.2 Å². The molecule has 0 aliphatic heterocycles. The zero-order valence-electron chi connectivity index (χ0n) is 9.27. The quantitative estimate of drug-likeness (QED) is 0.783. The van der Waals surface area contributed by atoms with Gasteiger partial charge in [0.25, 0.3) is 0 Å². The lowest BCUT2D eigenvalue weighted by Crippen LogP contribution is -2.07. The first-order valence-electron chi connectivity index (χ1n) is 5.35. The molecule has 1 rings (SSSR count). The number of hydrogen-bond donors (Lipinski definition) is 1. The van der Waals surface area contributed by atoms with Gasteiger partial charge in [-0.25, -0.2) is 0 Å². The van der Waals surface area contributed by atoms with E-state index in [1.54, 1.807) is 0 Å². The maximum atomic E-state index is 9.40. The van der Waals surface area contributed by atoms with Crippen LogP contribution in [0, 0.1) is 0 Å². The smallest absolute Gasteiger partial charge is 0.0625 e. The summed E-state index contributed by atoms with van der Waals surface area (Å²) in [7, 11) is 0. The molecule has 0 saturated carbocycles. The molecule has 0 aliphatic carbocycles. The van der Waals surface area contributed by atoms with Crippen molar-refractivity contribution in [3.05, 3.63) is 18.0 Å². The number of aliphatic hydroxyl groups excluding tert-OH is 1. The molecule has 1 heterocycles. The molecular formula is C11H20N2O. The monoisotopic (exact) mass is 196 g/mol. The number of hydrogen-bond acceptors (Lipinski definition) is 2. The van der Waals surface area contributed by atoms with Crippen LogP contribution in [0.4, 0.5) is 0 Å². The van der Waals surface area contributed by atoms with Crippen molar-refractivity contribution in [1.82, 2.24) is 9.78 Å². The summed E-state index contributed by atoms with van der Waals surface area (Å²) in [6, 6.07) is 2.45. The van der Waals surface area contributed by atoms with Crippen molar-refractivity contribution in [3.63, 3.8) is 0 Å². The van der Waals surface area contributed by atoms with Crippen molar-refractivity contribution in [2.24, 2.45) is 0 Å². The first-order chi connectivity index (χ1) is 6.63. The highest BCUT2D eigenvalue weighted by molar-refractivity contribution is 4.99. The number of rotatable bonds is 5. The van der Waals surface area contributed by atoms with Crippen LogP contribution < -0.4 is 0 Å². The van der Waals surface area contributed by atoms with Gasteiger partial charge in [-0.2, -0.15) is 5.10 Å². The van der Waals surface area contributed by atoms with Crippen LogP contribution in [0.1, 0.15) is 45.3 Å². The molecule has 3 nitrogen and oxygen atoms in total. The zero-order valence-corrected chi connectivity index (χ0v) is 9.27. The second kappa shape index (κ2) is 5.15. The van der Waals surface area contributed by atoms with E-state index in [0.29, 0.717) is 6.04 Å². The minimum atomic E-state index is -0.181. The Kier molecular flexibility index (Phi) is 4.14. The molecule has 14 heavy (non-hydrogen) atoms. The molecule has 1 unspecified atom stereocenters. The van der Waals surface area contributed by atoms with Gasteiger partial charge in [0.1, 0.15) is 0 Å². The minimum Gasteiger partial charge on any atom is -0.393 e. The highest BCUT2D eigenvalue weighted by atomic mass is 16.3. The third-order valence-corrected chi connectivity index (χ3v) is 2.40. The van der Waals surface area contributed by atoms with Crippen LogP contribution in [0.5, 0.6) is 0 Å². The molecule has 1 aromatic rings. The molecular weight excluding hydrogens is 176 g/mol. The summed E-state index contributed by atoms with van der Waals surface area (Å²) < 4.78 is 1.95. The lowest BCUT2D eigenvalue weighted by atomic mass is 10.1. The second-order valence-electron chi connectivity index (χ2n) is 3.98. The van der Waals surface area contributed by atoms with Crippen molar-refractivity contribution in [2.75, 3.05) is 0 Å². The maximum Gasteiger partial charge on any atom is 0.0625 e. The maximum absolute atomic E-state index is 9.40. The molecule has 1 atom stereocenters. The predicted molar refractivity (Wildman–Crippen MR) is 57.2 cm³/mol. The molecule has 3 heteroatoms. The number of aromatic nitrogens is 2. The Morgan fingerprint density at radius 1 is 1.50 bits per heavy atom. The summed E-state index contributed by atoms with van der Waals surface area (Å²) in [5.74, 6) is 0. The van der Waals surface area contributed by atoms with Gasteiger partial charge in [-0.3, -0.25) is 4.68 Å². The first kappa shape index (κ1) is 11.2. The lowest BCUT2D eigenvalue weighted by Gasteiger charge is -2.06. The van der Waals surface area contributed by atoms with Crippen LogP contribution >= 0.6 is 0 Å². The van der Waals surface area contributed by atoms with Crippen LogP contribution in [-0.4, -0.2) is 21.0 Å².